The van der Waals surface area contributed by atoms with E-state index < -0.39 is 12.0 Å². The molecule has 20 heavy (non-hydrogen) atoms. The van der Waals surface area contributed by atoms with Gasteiger partial charge in [0.05, 0.1) is 5.92 Å². The van der Waals surface area contributed by atoms with Crippen LogP contribution in [-0.4, -0.2) is 22.7 Å². The van der Waals surface area contributed by atoms with Gasteiger partial charge in [-0.2, -0.15) is 18.2 Å². The lowest BCUT2D eigenvalue weighted by Crippen LogP contribution is -2.35. The second-order valence-corrected chi connectivity index (χ2v) is 5.26. The molecule has 0 radical (unpaired) electrons. The third-order valence-electron chi connectivity index (χ3n) is 3.68. The van der Waals surface area contributed by atoms with Gasteiger partial charge < -0.3 is 9.84 Å². The number of hydrogen-bond donors (Lipinski definition) is 1. The van der Waals surface area contributed by atoms with Crippen molar-refractivity contribution in [1.29, 1.82) is 0 Å². The van der Waals surface area contributed by atoms with Crippen molar-refractivity contribution in [1.82, 2.24) is 15.5 Å². The SMILES string of the molecule is CCCNC1CCCCCC1c1nc(C(F)(F)F)no1. The molecule has 7 heteroatoms. The summed E-state index contributed by atoms with van der Waals surface area (Å²) in [5.74, 6) is -1.17. The minimum Gasteiger partial charge on any atom is -0.339 e. The molecule has 1 aliphatic rings. The van der Waals surface area contributed by atoms with Crippen LogP contribution >= 0.6 is 0 Å². The standard InChI is InChI=1S/C13H20F3N3O/c1-2-8-17-10-7-5-3-4-6-9(10)11-18-12(19-20-11)13(14,15)16/h9-10,17H,2-8H2,1H3. The first-order valence-electron chi connectivity index (χ1n) is 7.16. The zero-order valence-corrected chi connectivity index (χ0v) is 11.5. The molecule has 2 rings (SSSR count). The van der Waals surface area contributed by atoms with Crippen LogP contribution in [0.15, 0.2) is 4.52 Å². The van der Waals surface area contributed by atoms with E-state index in [1.807, 2.05) is 0 Å². The van der Waals surface area contributed by atoms with Gasteiger partial charge in [-0.15, -0.1) is 0 Å². The average Bonchev–Trinajstić information content (AvgIpc) is 2.77. The van der Waals surface area contributed by atoms with Gasteiger partial charge in [0, 0.05) is 6.04 Å². The molecule has 1 aromatic rings. The lowest BCUT2D eigenvalue weighted by Gasteiger charge is -2.23. The summed E-state index contributed by atoms with van der Waals surface area (Å²) in [6.45, 7) is 2.91. The Kier molecular flexibility index (Phi) is 5.01. The average molecular weight is 291 g/mol. The van der Waals surface area contributed by atoms with Gasteiger partial charge in [0.2, 0.25) is 5.89 Å². The van der Waals surface area contributed by atoms with Gasteiger partial charge in [-0.25, -0.2) is 0 Å². The molecule has 1 aliphatic carbocycles. The zero-order chi connectivity index (χ0) is 14.6. The number of rotatable bonds is 4. The largest absolute Gasteiger partial charge is 0.455 e. The monoisotopic (exact) mass is 291 g/mol. The fraction of sp³-hybridized carbons (Fsp3) is 0.846. The normalized spacial score (nSPS) is 24.6. The maximum absolute atomic E-state index is 12.5. The van der Waals surface area contributed by atoms with E-state index in [0.717, 1.165) is 45.1 Å². The molecule has 2 unspecified atom stereocenters. The summed E-state index contributed by atoms with van der Waals surface area (Å²) in [5.41, 5.74) is 0. The van der Waals surface area contributed by atoms with Crippen LogP contribution in [-0.2, 0) is 6.18 Å². The molecule has 1 saturated carbocycles. The molecule has 1 fully saturated rings. The van der Waals surface area contributed by atoms with Crippen LogP contribution in [0.2, 0.25) is 0 Å². The zero-order valence-electron chi connectivity index (χ0n) is 11.5. The Bertz CT molecular complexity index is 419. The summed E-state index contributed by atoms with van der Waals surface area (Å²) in [6, 6.07) is 0.124. The lowest BCUT2D eigenvalue weighted by molar-refractivity contribution is -0.146. The minimum absolute atomic E-state index is 0.118. The molecular weight excluding hydrogens is 271 g/mol. The van der Waals surface area contributed by atoms with E-state index >= 15 is 0 Å². The predicted octanol–water partition coefficient (Wildman–Crippen LogP) is 3.50. The first-order valence-corrected chi connectivity index (χ1v) is 7.16. The molecule has 0 saturated heterocycles. The first-order chi connectivity index (χ1) is 9.52. The van der Waals surface area contributed by atoms with E-state index in [4.69, 9.17) is 4.52 Å². The summed E-state index contributed by atoms with van der Waals surface area (Å²) < 4.78 is 42.5. The van der Waals surface area contributed by atoms with Crippen LogP contribution in [0.3, 0.4) is 0 Å². The summed E-state index contributed by atoms with van der Waals surface area (Å²) in [5, 5.41) is 6.47. The molecule has 1 aromatic heterocycles. The number of alkyl halides is 3. The molecule has 4 nitrogen and oxygen atoms in total. The summed E-state index contributed by atoms with van der Waals surface area (Å²) >= 11 is 0. The smallest absolute Gasteiger partial charge is 0.339 e. The molecule has 0 bridgehead atoms. The molecular formula is C13H20F3N3O. The highest BCUT2D eigenvalue weighted by Gasteiger charge is 2.39. The summed E-state index contributed by atoms with van der Waals surface area (Å²) in [7, 11) is 0. The molecule has 2 atom stereocenters. The maximum atomic E-state index is 12.5. The highest BCUT2D eigenvalue weighted by atomic mass is 19.4. The Hall–Kier alpha value is -1.11. The Labute approximate surface area is 116 Å². The maximum Gasteiger partial charge on any atom is 0.455 e. The van der Waals surface area contributed by atoms with Gasteiger partial charge in [-0.1, -0.05) is 31.3 Å². The number of halogens is 3. The van der Waals surface area contributed by atoms with E-state index in [1.54, 1.807) is 0 Å². The van der Waals surface area contributed by atoms with Crippen LogP contribution in [0, 0.1) is 0 Å². The lowest BCUT2D eigenvalue weighted by atomic mass is 9.94. The first kappa shape index (κ1) is 15.3. The molecule has 1 N–H and O–H groups in total. The van der Waals surface area contributed by atoms with E-state index in [9.17, 15) is 13.2 Å². The van der Waals surface area contributed by atoms with Gasteiger partial charge in [0.1, 0.15) is 0 Å². The van der Waals surface area contributed by atoms with Crippen LogP contribution < -0.4 is 5.32 Å². The van der Waals surface area contributed by atoms with Crippen molar-refractivity contribution in [3.8, 4) is 0 Å². The molecule has 1 heterocycles. The third-order valence-corrected chi connectivity index (χ3v) is 3.68. The highest BCUT2D eigenvalue weighted by molar-refractivity contribution is 5.02. The number of aromatic nitrogens is 2. The topological polar surface area (TPSA) is 51.0 Å². The highest BCUT2D eigenvalue weighted by Crippen LogP contribution is 2.33. The van der Waals surface area contributed by atoms with Crippen molar-refractivity contribution in [3.63, 3.8) is 0 Å². The summed E-state index contributed by atoms with van der Waals surface area (Å²) in [4.78, 5) is 3.56. The molecule has 0 amide bonds. The van der Waals surface area contributed by atoms with Gasteiger partial charge >= 0.3 is 6.18 Å². The van der Waals surface area contributed by atoms with E-state index in [-0.39, 0.29) is 17.9 Å². The number of nitrogens with zero attached hydrogens (tertiary/aromatic N) is 2. The minimum atomic E-state index is -4.54. The van der Waals surface area contributed by atoms with Crippen molar-refractivity contribution in [2.24, 2.45) is 0 Å². The van der Waals surface area contributed by atoms with Crippen LogP contribution in [0.4, 0.5) is 13.2 Å². The molecule has 0 aromatic carbocycles. The van der Waals surface area contributed by atoms with Crippen molar-refractivity contribution in [2.75, 3.05) is 6.54 Å². The quantitative estimate of drug-likeness (QED) is 0.863. The van der Waals surface area contributed by atoms with E-state index in [1.165, 1.54) is 0 Å². The van der Waals surface area contributed by atoms with Crippen LogP contribution in [0.25, 0.3) is 0 Å². The van der Waals surface area contributed by atoms with Crippen molar-refractivity contribution < 1.29 is 17.7 Å². The number of hydrogen-bond acceptors (Lipinski definition) is 4. The van der Waals surface area contributed by atoms with Crippen LogP contribution in [0.1, 0.15) is 63.1 Å². The fourth-order valence-electron chi connectivity index (χ4n) is 2.68. The van der Waals surface area contributed by atoms with Gasteiger partial charge in [0.15, 0.2) is 0 Å². The molecule has 114 valence electrons. The fourth-order valence-corrected chi connectivity index (χ4v) is 2.68. The summed E-state index contributed by atoms with van der Waals surface area (Å²) in [6.07, 6.45) is 1.34. The predicted molar refractivity (Wildman–Crippen MR) is 67.2 cm³/mol. The Balaban J connectivity index is 2.15. The van der Waals surface area contributed by atoms with Crippen molar-refractivity contribution >= 4 is 0 Å². The van der Waals surface area contributed by atoms with E-state index in [2.05, 4.69) is 22.4 Å². The Morgan fingerprint density at radius 1 is 1.25 bits per heavy atom. The Morgan fingerprint density at radius 3 is 2.65 bits per heavy atom. The molecule has 0 aliphatic heterocycles. The van der Waals surface area contributed by atoms with Crippen molar-refractivity contribution in [2.45, 2.75) is 63.6 Å². The van der Waals surface area contributed by atoms with Gasteiger partial charge in [-0.3, -0.25) is 0 Å². The van der Waals surface area contributed by atoms with E-state index in [0.29, 0.717) is 0 Å². The Morgan fingerprint density at radius 2 is 2.00 bits per heavy atom. The van der Waals surface area contributed by atoms with Gasteiger partial charge in [0.25, 0.3) is 5.82 Å². The second-order valence-electron chi connectivity index (χ2n) is 5.26. The molecule has 0 spiro atoms. The van der Waals surface area contributed by atoms with Crippen LogP contribution in [0.5, 0.6) is 0 Å². The van der Waals surface area contributed by atoms with Gasteiger partial charge in [-0.05, 0) is 25.8 Å². The second kappa shape index (κ2) is 6.56. The van der Waals surface area contributed by atoms with Crippen molar-refractivity contribution in [3.05, 3.63) is 11.7 Å². The third kappa shape index (κ3) is 3.71. The number of nitrogens with one attached hydrogen (secondary N) is 1.